The van der Waals surface area contributed by atoms with Gasteiger partial charge in [0.2, 0.25) is 5.43 Å². The fourth-order valence-corrected chi connectivity index (χ4v) is 2.11. The van der Waals surface area contributed by atoms with Crippen molar-refractivity contribution in [3.63, 3.8) is 0 Å². The molecule has 2 aromatic rings. The summed E-state index contributed by atoms with van der Waals surface area (Å²) in [5.41, 5.74) is 6.14. The lowest BCUT2D eigenvalue weighted by molar-refractivity contribution is 0.0691. The molecule has 0 aliphatic heterocycles. The molecule has 0 saturated carbocycles. The van der Waals surface area contributed by atoms with Crippen LogP contribution in [-0.4, -0.2) is 29.5 Å². The number of nitrogens with two attached hydrogens (primary N) is 1. The van der Waals surface area contributed by atoms with Crippen LogP contribution in [0.3, 0.4) is 0 Å². The lowest BCUT2D eigenvalue weighted by Crippen LogP contribution is -2.21. The Kier molecular flexibility index (Phi) is 4.05. The van der Waals surface area contributed by atoms with Crippen LogP contribution < -0.4 is 16.0 Å². The van der Waals surface area contributed by atoms with Crippen LogP contribution in [0.4, 0.5) is 0 Å². The Morgan fingerprint density at radius 3 is 2.80 bits per heavy atom. The third-order valence-electron chi connectivity index (χ3n) is 3.13. The first-order valence-electron chi connectivity index (χ1n) is 6.24. The van der Waals surface area contributed by atoms with Crippen LogP contribution in [0.15, 0.2) is 29.2 Å². The van der Waals surface area contributed by atoms with E-state index in [1.807, 2.05) is 6.07 Å². The highest BCUT2D eigenvalue weighted by Crippen LogP contribution is 2.15. The molecular weight excluding hydrogens is 260 g/mol. The zero-order valence-corrected chi connectivity index (χ0v) is 11.1. The van der Waals surface area contributed by atoms with Gasteiger partial charge in [-0.05, 0) is 37.1 Å². The highest BCUT2D eigenvalue weighted by Gasteiger charge is 2.15. The molecule has 0 radical (unpaired) electrons. The fourth-order valence-electron chi connectivity index (χ4n) is 2.11. The van der Waals surface area contributed by atoms with Gasteiger partial charge in [-0.2, -0.15) is 4.73 Å². The molecule has 0 saturated heterocycles. The summed E-state index contributed by atoms with van der Waals surface area (Å²) >= 11 is 0. The minimum atomic E-state index is -1.27. The van der Waals surface area contributed by atoms with Gasteiger partial charge in [-0.25, -0.2) is 4.79 Å². The van der Waals surface area contributed by atoms with Gasteiger partial charge in [0.15, 0.2) is 0 Å². The highest BCUT2D eigenvalue weighted by atomic mass is 16.6. The van der Waals surface area contributed by atoms with Gasteiger partial charge in [0.05, 0.1) is 17.1 Å². The molecule has 20 heavy (non-hydrogen) atoms. The minimum absolute atomic E-state index is 0.310. The van der Waals surface area contributed by atoms with Crippen molar-refractivity contribution < 1.29 is 14.7 Å². The highest BCUT2D eigenvalue weighted by molar-refractivity contribution is 5.92. The molecule has 6 heteroatoms. The smallest absolute Gasteiger partial charge is 0.341 e. The molecule has 6 nitrogen and oxygen atoms in total. The number of rotatable bonds is 5. The zero-order valence-electron chi connectivity index (χ0n) is 11.1. The van der Waals surface area contributed by atoms with Gasteiger partial charge in [-0.15, -0.1) is 0 Å². The molecule has 1 heterocycles. The van der Waals surface area contributed by atoms with Gasteiger partial charge in [-0.3, -0.25) is 4.79 Å². The van der Waals surface area contributed by atoms with Crippen LogP contribution in [0, 0.1) is 0 Å². The first kappa shape index (κ1) is 14.1. The van der Waals surface area contributed by atoms with E-state index in [2.05, 4.69) is 0 Å². The molecule has 0 aliphatic carbocycles. The number of carboxylic acids is 1. The van der Waals surface area contributed by atoms with Gasteiger partial charge in [0, 0.05) is 0 Å². The number of hydrogen-bond acceptors (Lipinski definition) is 4. The molecule has 1 aromatic heterocycles. The number of aryl methyl sites for hydroxylation is 1. The lowest BCUT2D eigenvalue weighted by atomic mass is 10.0. The summed E-state index contributed by atoms with van der Waals surface area (Å²) in [7, 11) is 1.41. The number of carboxylic acid groups (broad SMARTS) is 1. The quantitative estimate of drug-likeness (QED) is 0.836. The number of benzene rings is 1. The van der Waals surface area contributed by atoms with Crippen molar-refractivity contribution in [3.05, 3.63) is 45.7 Å². The Labute approximate surface area is 115 Å². The van der Waals surface area contributed by atoms with E-state index >= 15 is 0 Å². The van der Waals surface area contributed by atoms with Crippen molar-refractivity contribution in [1.82, 2.24) is 4.73 Å². The molecule has 0 atom stereocenters. The first-order valence-corrected chi connectivity index (χ1v) is 6.24. The second-order valence-corrected chi connectivity index (χ2v) is 4.43. The molecule has 0 bridgehead atoms. The number of nitrogens with zero attached hydrogens (tertiary/aromatic N) is 1. The Morgan fingerprint density at radius 2 is 2.20 bits per heavy atom. The van der Waals surface area contributed by atoms with E-state index in [1.54, 1.807) is 12.1 Å². The average Bonchev–Trinajstić information content (AvgIpc) is 2.45. The van der Waals surface area contributed by atoms with Crippen molar-refractivity contribution in [2.45, 2.75) is 12.8 Å². The number of fused-ring (bicyclic) bond motifs is 1. The lowest BCUT2D eigenvalue weighted by Gasteiger charge is -2.11. The first-order chi connectivity index (χ1) is 9.58. The van der Waals surface area contributed by atoms with Crippen LogP contribution >= 0.6 is 0 Å². The molecule has 2 rings (SSSR count). The SMILES string of the molecule is COn1cc(C(=O)O)c(=O)c2cc(CCCN)ccc21. The van der Waals surface area contributed by atoms with E-state index in [1.165, 1.54) is 18.0 Å². The molecular formula is C14H16N2O4. The molecule has 0 aliphatic rings. The van der Waals surface area contributed by atoms with Crippen molar-refractivity contribution >= 4 is 16.9 Å². The number of aromatic nitrogens is 1. The maximum Gasteiger partial charge on any atom is 0.341 e. The van der Waals surface area contributed by atoms with Gasteiger partial charge in [0.25, 0.3) is 0 Å². The fraction of sp³-hybridized carbons (Fsp3) is 0.286. The van der Waals surface area contributed by atoms with E-state index in [0.29, 0.717) is 17.4 Å². The Hall–Kier alpha value is -2.34. The summed E-state index contributed by atoms with van der Waals surface area (Å²) in [4.78, 5) is 28.4. The predicted molar refractivity (Wildman–Crippen MR) is 75.0 cm³/mol. The standard InChI is InChI=1S/C14H16N2O4/c1-20-16-8-11(14(18)19)13(17)10-7-9(3-2-6-15)4-5-12(10)16/h4-5,7-8H,2-3,6,15H2,1H3,(H,18,19). The average molecular weight is 276 g/mol. The van der Waals surface area contributed by atoms with E-state index in [0.717, 1.165) is 18.4 Å². The van der Waals surface area contributed by atoms with Crippen molar-refractivity contribution in [3.8, 4) is 0 Å². The molecule has 1 aromatic carbocycles. The zero-order chi connectivity index (χ0) is 14.7. The maximum atomic E-state index is 12.2. The Balaban J connectivity index is 2.68. The topological polar surface area (TPSA) is 94.5 Å². The molecule has 0 spiro atoms. The van der Waals surface area contributed by atoms with Crippen molar-refractivity contribution in [2.24, 2.45) is 5.73 Å². The van der Waals surface area contributed by atoms with Crippen LogP contribution in [0.5, 0.6) is 0 Å². The van der Waals surface area contributed by atoms with Gasteiger partial charge in [0.1, 0.15) is 12.7 Å². The monoisotopic (exact) mass is 276 g/mol. The predicted octanol–water partition coefficient (Wildman–Crippen LogP) is 0.649. The van der Waals surface area contributed by atoms with Gasteiger partial charge >= 0.3 is 5.97 Å². The van der Waals surface area contributed by atoms with Crippen molar-refractivity contribution in [1.29, 1.82) is 0 Å². The normalized spacial score (nSPS) is 10.7. The number of aromatic carboxylic acids is 1. The third-order valence-corrected chi connectivity index (χ3v) is 3.13. The van der Waals surface area contributed by atoms with E-state index < -0.39 is 11.4 Å². The van der Waals surface area contributed by atoms with Crippen LogP contribution in [0.25, 0.3) is 10.9 Å². The van der Waals surface area contributed by atoms with Gasteiger partial charge in [-0.1, -0.05) is 6.07 Å². The third kappa shape index (κ3) is 2.50. The maximum absolute atomic E-state index is 12.2. The second-order valence-electron chi connectivity index (χ2n) is 4.43. The number of hydrogen-bond donors (Lipinski definition) is 2. The minimum Gasteiger partial charge on any atom is -0.477 e. The molecule has 0 fully saturated rings. The van der Waals surface area contributed by atoms with E-state index in [-0.39, 0.29) is 5.56 Å². The van der Waals surface area contributed by atoms with E-state index in [9.17, 15) is 9.59 Å². The number of pyridine rings is 1. The second kappa shape index (κ2) is 5.75. The summed E-state index contributed by atoms with van der Waals surface area (Å²) in [6.45, 7) is 0.565. The summed E-state index contributed by atoms with van der Waals surface area (Å²) in [5.74, 6) is -1.27. The van der Waals surface area contributed by atoms with E-state index in [4.69, 9.17) is 15.7 Å². The molecule has 106 valence electrons. The molecule has 3 N–H and O–H groups in total. The summed E-state index contributed by atoms with van der Waals surface area (Å²) in [6.07, 6.45) is 2.74. The summed E-state index contributed by atoms with van der Waals surface area (Å²) in [6, 6.07) is 5.33. The van der Waals surface area contributed by atoms with Crippen LogP contribution in [-0.2, 0) is 6.42 Å². The Bertz CT molecular complexity index is 706. The molecule has 0 unspecified atom stereocenters. The summed E-state index contributed by atoms with van der Waals surface area (Å²) in [5, 5.41) is 9.40. The summed E-state index contributed by atoms with van der Waals surface area (Å²) < 4.78 is 1.28. The van der Waals surface area contributed by atoms with Crippen LogP contribution in [0.1, 0.15) is 22.3 Å². The van der Waals surface area contributed by atoms with Gasteiger partial charge < -0.3 is 15.7 Å². The largest absolute Gasteiger partial charge is 0.477 e. The number of carbonyl (C=O) groups is 1. The van der Waals surface area contributed by atoms with Crippen molar-refractivity contribution in [2.75, 3.05) is 13.7 Å². The Morgan fingerprint density at radius 1 is 1.45 bits per heavy atom. The molecule has 0 amide bonds. The van der Waals surface area contributed by atoms with Crippen LogP contribution in [0.2, 0.25) is 0 Å².